The van der Waals surface area contributed by atoms with Crippen LogP contribution in [0, 0.1) is 0 Å². The van der Waals surface area contributed by atoms with E-state index in [1.54, 1.807) is 11.1 Å². The second-order valence-corrected chi connectivity index (χ2v) is 6.32. The molecule has 23 heavy (non-hydrogen) atoms. The topological polar surface area (TPSA) is 3.24 Å². The predicted molar refractivity (Wildman–Crippen MR) is 102 cm³/mol. The van der Waals surface area contributed by atoms with E-state index in [1.165, 1.54) is 36.8 Å². The second kappa shape index (κ2) is 8.90. The minimum Gasteiger partial charge on any atom is -0.298 e. The van der Waals surface area contributed by atoms with Crippen molar-refractivity contribution in [2.75, 3.05) is 13.6 Å². The molecule has 122 valence electrons. The first-order valence-electron chi connectivity index (χ1n) is 8.32. The second-order valence-electron chi connectivity index (χ2n) is 6.32. The Hall–Kier alpha value is -1.57. The van der Waals surface area contributed by atoms with Gasteiger partial charge in [-0.2, -0.15) is 0 Å². The van der Waals surface area contributed by atoms with Gasteiger partial charge in [0.2, 0.25) is 0 Å². The molecular formula is C21H26ClN. The average Bonchev–Trinajstić information content (AvgIpc) is 2.56. The maximum atomic E-state index is 2.42. The van der Waals surface area contributed by atoms with Gasteiger partial charge in [0.1, 0.15) is 0 Å². The maximum absolute atomic E-state index is 2.42. The summed E-state index contributed by atoms with van der Waals surface area (Å²) in [5, 5.41) is 0. The Kier molecular flexibility index (Phi) is 6.88. The molecule has 0 N–H and O–H groups in total. The van der Waals surface area contributed by atoms with Gasteiger partial charge in [0.15, 0.2) is 0 Å². The highest BCUT2D eigenvalue weighted by molar-refractivity contribution is 5.85. The van der Waals surface area contributed by atoms with Gasteiger partial charge >= 0.3 is 0 Å². The van der Waals surface area contributed by atoms with Crippen molar-refractivity contribution in [3.63, 3.8) is 0 Å². The summed E-state index contributed by atoms with van der Waals surface area (Å²) >= 11 is 0. The molecule has 0 bridgehead atoms. The molecule has 0 atom stereocenters. The number of rotatable bonds is 5. The van der Waals surface area contributed by atoms with Crippen LogP contribution in [0.25, 0.3) is 6.08 Å². The van der Waals surface area contributed by atoms with Crippen LogP contribution in [0.4, 0.5) is 0 Å². The summed E-state index contributed by atoms with van der Waals surface area (Å²) in [7, 11) is 2.19. The Labute approximate surface area is 146 Å². The fraction of sp³-hybridized carbons (Fsp3) is 0.333. The van der Waals surface area contributed by atoms with Crippen molar-refractivity contribution in [2.45, 2.75) is 32.2 Å². The lowest BCUT2D eigenvalue weighted by Crippen LogP contribution is -2.18. The van der Waals surface area contributed by atoms with E-state index in [0.717, 1.165) is 13.1 Å². The van der Waals surface area contributed by atoms with E-state index in [0.29, 0.717) is 0 Å². The van der Waals surface area contributed by atoms with Gasteiger partial charge in [-0.05, 0) is 55.0 Å². The molecule has 0 amide bonds. The number of hydrogen-bond donors (Lipinski definition) is 0. The molecule has 0 aromatic heterocycles. The summed E-state index contributed by atoms with van der Waals surface area (Å²) in [5.74, 6) is 0. The van der Waals surface area contributed by atoms with Crippen molar-refractivity contribution < 1.29 is 0 Å². The summed E-state index contributed by atoms with van der Waals surface area (Å²) < 4.78 is 0. The standard InChI is InChI=1S/C21H25N.ClH/c1-22(15-7-10-18-8-3-2-4-9-18)17-19-13-14-20-11-5-6-12-21(20)16-19;/h2-4,7-10,13-14,16H,5-6,11-12,15,17H2,1H3;1H/b10-7+;. The Morgan fingerprint density at radius 3 is 2.48 bits per heavy atom. The van der Waals surface area contributed by atoms with Gasteiger partial charge in [-0.1, -0.05) is 60.7 Å². The van der Waals surface area contributed by atoms with E-state index in [-0.39, 0.29) is 12.4 Å². The lowest BCUT2D eigenvalue weighted by atomic mass is 9.90. The summed E-state index contributed by atoms with van der Waals surface area (Å²) in [6.45, 7) is 2.00. The van der Waals surface area contributed by atoms with E-state index < -0.39 is 0 Å². The van der Waals surface area contributed by atoms with Gasteiger partial charge in [-0.25, -0.2) is 0 Å². The SMILES string of the molecule is CN(C/C=C/c1ccccc1)Cc1ccc2c(c1)CCCC2.Cl. The van der Waals surface area contributed by atoms with Crippen LogP contribution in [-0.2, 0) is 19.4 Å². The van der Waals surface area contributed by atoms with Crippen molar-refractivity contribution in [1.29, 1.82) is 0 Å². The number of hydrogen-bond acceptors (Lipinski definition) is 1. The van der Waals surface area contributed by atoms with Crippen LogP contribution in [0.5, 0.6) is 0 Å². The zero-order valence-corrected chi connectivity index (χ0v) is 14.7. The summed E-state index contributed by atoms with van der Waals surface area (Å²) in [5.41, 5.74) is 5.86. The summed E-state index contributed by atoms with van der Waals surface area (Å²) in [6, 6.07) is 17.6. The Morgan fingerprint density at radius 1 is 0.957 bits per heavy atom. The molecule has 0 unspecified atom stereocenters. The minimum atomic E-state index is 0. The lowest BCUT2D eigenvalue weighted by Gasteiger charge is -2.19. The molecule has 2 aromatic carbocycles. The molecule has 0 fully saturated rings. The molecule has 0 spiro atoms. The van der Waals surface area contributed by atoms with Crippen LogP contribution in [0.3, 0.4) is 0 Å². The first-order chi connectivity index (χ1) is 10.8. The highest BCUT2D eigenvalue weighted by Crippen LogP contribution is 2.22. The molecule has 1 aliphatic rings. The molecule has 2 aromatic rings. The largest absolute Gasteiger partial charge is 0.298 e. The predicted octanol–water partition coefficient (Wildman–Crippen LogP) is 5.13. The van der Waals surface area contributed by atoms with Crippen LogP contribution >= 0.6 is 12.4 Å². The number of likely N-dealkylation sites (N-methyl/N-ethyl adjacent to an activating group) is 1. The molecule has 0 radical (unpaired) electrons. The third-order valence-corrected chi connectivity index (χ3v) is 4.39. The molecule has 2 heteroatoms. The lowest BCUT2D eigenvalue weighted by molar-refractivity contribution is 0.363. The van der Waals surface area contributed by atoms with Crippen LogP contribution < -0.4 is 0 Å². The Bertz CT molecular complexity index is 634. The fourth-order valence-corrected chi connectivity index (χ4v) is 3.19. The molecule has 1 aliphatic carbocycles. The van der Waals surface area contributed by atoms with E-state index >= 15 is 0 Å². The van der Waals surface area contributed by atoms with Crippen molar-refractivity contribution >= 4 is 18.5 Å². The molecule has 0 saturated heterocycles. The molecule has 1 nitrogen and oxygen atoms in total. The smallest absolute Gasteiger partial charge is 0.0234 e. The van der Waals surface area contributed by atoms with Gasteiger partial charge in [0, 0.05) is 13.1 Å². The molecule has 0 aliphatic heterocycles. The third kappa shape index (κ3) is 5.23. The Morgan fingerprint density at radius 2 is 1.70 bits per heavy atom. The fourth-order valence-electron chi connectivity index (χ4n) is 3.19. The molecule has 0 heterocycles. The van der Waals surface area contributed by atoms with Gasteiger partial charge < -0.3 is 0 Å². The van der Waals surface area contributed by atoms with Crippen molar-refractivity contribution in [2.24, 2.45) is 0 Å². The van der Waals surface area contributed by atoms with Crippen molar-refractivity contribution in [3.05, 3.63) is 76.9 Å². The van der Waals surface area contributed by atoms with Gasteiger partial charge in [-0.3, -0.25) is 4.90 Å². The normalized spacial score (nSPS) is 13.8. The zero-order valence-electron chi connectivity index (χ0n) is 13.9. The number of fused-ring (bicyclic) bond motifs is 1. The number of nitrogens with zero attached hydrogens (tertiary/aromatic N) is 1. The highest BCUT2D eigenvalue weighted by Gasteiger charge is 2.09. The van der Waals surface area contributed by atoms with Crippen LogP contribution in [0.2, 0.25) is 0 Å². The molecule has 0 saturated carbocycles. The summed E-state index contributed by atoms with van der Waals surface area (Å²) in [4.78, 5) is 2.37. The number of aryl methyl sites for hydroxylation is 2. The van der Waals surface area contributed by atoms with Crippen molar-refractivity contribution in [1.82, 2.24) is 4.90 Å². The van der Waals surface area contributed by atoms with E-state index in [4.69, 9.17) is 0 Å². The van der Waals surface area contributed by atoms with E-state index in [1.807, 2.05) is 0 Å². The molecule has 3 rings (SSSR count). The van der Waals surface area contributed by atoms with E-state index in [9.17, 15) is 0 Å². The summed E-state index contributed by atoms with van der Waals surface area (Å²) in [6.07, 6.45) is 9.69. The van der Waals surface area contributed by atoms with Crippen LogP contribution in [0.15, 0.2) is 54.6 Å². The monoisotopic (exact) mass is 327 g/mol. The van der Waals surface area contributed by atoms with Crippen molar-refractivity contribution in [3.8, 4) is 0 Å². The molecular weight excluding hydrogens is 302 g/mol. The third-order valence-electron chi connectivity index (χ3n) is 4.39. The minimum absolute atomic E-state index is 0. The quantitative estimate of drug-likeness (QED) is 0.735. The van der Waals surface area contributed by atoms with Gasteiger partial charge in [-0.15, -0.1) is 12.4 Å². The highest BCUT2D eigenvalue weighted by atomic mass is 35.5. The Balaban J connectivity index is 0.00000192. The average molecular weight is 328 g/mol. The zero-order chi connectivity index (χ0) is 15.2. The number of halogens is 1. The first-order valence-corrected chi connectivity index (χ1v) is 8.32. The van der Waals surface area contributed by atoms with Gasteiger partial charge in [0.05, 0.1) is 0 Å². The first kappa shape index (κ1) is 17.8. The maximum Gasteiger partial charge on any atom is 0.0234 e. The van der Waals surface area contributed by atoms with Crippen LogP contribution in [-0.4, -0.2) is 18.5 Å². The number of benzene rings is 2. The van der Waals surface area contributed by atoms with Gasteiger partial charge in [0.25, 0.3) is 0 Å². The van der Waals surface area contributed by atoms with E-state index in [2.05, 4.69) is 72.6 Å². The van der Waals surface area contributed by atoms with Crippen LogP contribution in [0.1, 0.15) is 35.1 Å².